The largest absolute Gasteiger partial charge is 0.338 e. The molecule has 1 aliphatic rings. The van der Waals surface area contributed by atoms with Crippen LogP contribution in [0.5, 0.6) is 0 Å². The van der Waals surface area contributed by atoms with Crippen molar-refractivity contribution in [3.63, 3.8) is 0 Å². The van der Waals surface area contributed by atoms with Crippen LogP contribution in [-0.4, -0.2) is 56.1 Å². The summed E-state index contributed by atoms with van der Waals surface area (Å²) in [5.74, 6) is 0.530. The molecule has 116 valence electrons. The Morgan fingerprint density at radius 1 is 1.30 bits per heavy atom. The third-order valence-electron chi connectivity index (χ3n) is 3.95. The quantitative estimate of drug-likeness (QED) is 0.666. The van der Waals surface area contributed by atoms with E-state index in [1.807, 2.05) is 20.9 Å². The van der Waals surface area contributed by atoms with Crippen LogP contribution in [-0.2, 0) is 4.79 Å². The molecule has 1 aliphatic heterocycles. The van der Waals surface area contributed by atoms with Gasteiger partial charge in [0.15, 0.2) is 0 Å². The van der Waals surface area contributed by atoms with E-state index in [1.165, 1.54) is 6.42 Å². The summed E-state index contributed by atoms with van der Waals surface area (Å²) in [6, 6.07) is -0.656. The van der Waals surface area contributed by atoms with Crippen LogP contribution in [0.2, 0.25) is 0 Å². The molecule has 0 spiro atoms. The third kappa shape index (κ3) is 5.46. The number of imide groups is 1. The lowest BCUT2D eigenvalue weighted by Gasteiger charge is -2.35. The van der Waals surface area contributed by atoms with Crippen molar-refractivity contribution in [2.24, 2.45) is 5.92 Å². The van der Waals surface area contributed by atoms with Gasteiger partial charge < -0.3 is 10.6 Å². The van der Waals surface area contributed by atoms with E-state index < -0.39 is 6.03 Å². The molecule has 1 rings (SSSR count). The average Bonchev–Trinajstić information content (AvgIpc) is 2.45. The lowest BCUT2D eigenvalue weighted by atomic mass is 9.93. The first kappa shape index (κ1) is 16.9. The number of urea groups is 1. The summed E-state index contributed by atoms with van der Waals surface area (Å²) in [5, 5.41) is 8.13. The first-order valence-electron chi connectivity index (χ1n) is 7.55. The molecule has 20 heavy (non-hydrogen) atoms. The van der Waals surface area contributed by atoms with Crippen LogP contribution in [0.4, 0.5) is 4.79 Å². The number of nitrogens with zero attached hydrogens (tertiary/aromatic N) is 1. The summed E-state index contributed by atoms with van der Waals surface area (Å²) >= 11 is 0. The highest BCUT2D eigenvalue weighted by Gasteiger charge is 2.27. The molecule has 3 N–H and O–H groups in total. The molecule has 1 atom stereocenters. The number of hydrogen-bond donors (Lipinski definition) is 3. The number of hydrogen-bond acceptors (Lipinski definition) is 4. The minimum Gasteiger partial charge on any atom is -0.338 e. The van der Waals surface area contributed by atoms with Gasteiger partial charge in [0.1, 0.15) is 0 Å². The maximum atomic E-state index is 12.0. The van der Waals surface area contributed by atoms with Gasteiger partial charge in [-0.05, 0) is 65.7 Å². The highest BCUT2D eigenvalue weighted by atomic mass is 16.2. The Morgan fingerprint density at radius 3 is 2.50 bits per heavy atom. The van der Waals surface area contributed by atoms with Crippen molar-refractivity contribution in [1.82, 2.24) is 20.9 Å². The molecule has 0 saturated carbocycles. The fourth-order valence-corrected chi connectivity index (χ4v) is 2.56. The number of carbonyl (C=O) groups excluding carboxylic acids is 2. The maximum absolute atomic E-state index is 12.0. The predicted molar refractivity (Wildman–Crippen MR) is 79.5 cm³/mol. The van der Waals surface area contributed by atoms with Crippen LogP contribution in [0.3, 0.4) is 0 Å². The van der Waals surface area contributed by atoms with Crippen molar-refractivity contribution in [2.45, 2.75) is 39.2 Å². The molecule has 6 nitrogen and oxygen atoms in total. The monoisotopic (exact) mass is 284 g/mol. The molecule has 1 heterocycles. The van der Waals surface area contributed by atoms with Gasteiger partial charge in [0.2, 0.25) is 5.91 Å². The van der Waals surface area contributed by atoms with E-state index in [4.69, 9.17) is 0 Å². The standard InChI is InChI=1S/C14H28N4O2/c1-4-16-14(20)17-13(19)11(2)18-9-6-12(7-10-18)5-8-15-3/h11-12,15H,4-10H2,1-3H3,(H2,16,17,19,20). The van der Waals surface area contributed by atoms with Gasteiger partial charge in [-0.1, -0.05) is 0 Å². The molecule has 0 aromatic heterocycles. The van der Waals surface area contributed by atoms with Crippen molar-refractivity contribution in [2.75, 3.05) is 33.2 Å². The minimum absolute atomic E-state index is 0.218. The highest BCUT2D eigenvalue weighted by Crippen LogP contribution is 2.21. The van der Waals surface area contributed by atoms with Gasteiger partial charge in [-0.15, -0.1) is 0 Å². The SMILES string of the molecule is CCNC(=O)NC(=O)C(C)N1CCC(CCNC)CC1. The van der Waals surface area contributed by atoms with Crippen LogP contribution in [0.15, 0.2) is 0 Å². The third-order valence-corrected chi connectivity index (χ3v) is 3.95. The predicted octanol–water partition coefficient (Wildman–Crippen LogP) is 0.542. The van der Waals surface area contributed by atoms with E-state index in [-0.39, 0.29) is 11.9 Å². The summed E-state index contributed by atoms with van der Waals surface area (Å²) in [7, 11) is 1.98. The Labute approximate surface area is 121 Å². The van der Waals surface area contributed by atoms with Gasteiger partial charge in [0.05, 0.1) is 6.04 Å². The van der Waals surface area contributed by atoms with Crippen LogP contribution in [0.1, 0.15) is 33.1 Å². The van der Waals surface area contributed by atoms with Gasteiger partial charge in [-0.2, -0.15) is 0 Å². The molecule has 0 bridgehead atoms. The Hall–Kier alpha value is -1.14. The second kappa shape index (κ2) is 8.92. The summed E-state index contributed by atoms with van der Waals surface area (Å²) in [6.07, 6.45) is 3.45. The smallest absolute Gasteiger partial charge is 0.321 e. The maximum Gasteiger partial charge on any atom is 0.321 e. The van der Waals surface area contributed by atoms with Crippen LogP contribution < -0.4 is 16.0 Å². The molecular formula is C14H28N4O2. The molecular weight excluding hydrogens is 256 g/mol. The summed E-state index contributed by atoms with van der Waals surface area (Å²) in [5.41, 5.74) is 0. The lowest BCUT2D eigenvalue weighted by molar-refractivity contribution is -0.125. The van der Waals surface area contributed by atoms with Crippen molar-refractivity contribution in [3.8, 4) is 0 Å². The van der Waals surface area contributed by atoms with Gasteiger partial charge in [-0.3, -0.25) is 15.0 Å². The molecule has 0 aromatic carbocycles. The summed E-state index contributed by atoms with van der Waals surface area (Å²) < 4.78 is 0. The fourth-order valence-electron chi connectivity index (χ4n) is 2.56. The van der Waals surface area contributed by atoms with Gasteiger partial charge in [-0.25, -0.2) is 4.79 Å². The van der Waals surface area contributed by atoms with Crippen molar-refractivity contribution in [3.05, 3.63) is 0 Å². The highest BCUT2D eigenvalue weighted by molar-refractivity contribution is 5.96. The van der Waals surface area contributed by atoms with Gasteiger partial charge in [0, 0.05) is 6.54 Å². The number of nitrogens with one attached hydrogen (secondary N) is 3. The number of amides is 3. The van der Waals surface area contributed by atoms with E-state index in [1.54, 1.807) is 0 Å². The molecule has 0 aromatic rings. The van der Waals surface area contributed by atoms with E-state index in [0.29, 0.717) is 6.54 Å². The van der Waals surface area contributed by atoms with Gasteiger partial charge >= 0.3 is 6.03 Å². The number of rotatable bonds is 6. The van der Waals surface area contributed by atoms with E-state index >= 15 is 0 Å². The Balaban J connectivity index is 2.32. The topological polar surface area (TPSA) is 73.5 Å². The van der Waals surface area contributed by atoms with E-state index in [0.717, 1.165) is 38.4 Å². The molecule has 0 radical (unpaired) electrons. The first-order valence-corrected chi connectivity index (χ1v) is 7.55. The lowest BCUT2D eigenvalue weighted by Crippen LogP contribution is -2.51. The molecule has 0 aliphatic carbocycles. The Morgan fingerprint density at radius 2 is 1.95 bits per heavy atom. The van der Waals surface area contributed by atoms with Crippen LogP contribution in [0, 0.1) is 5.92 Å². The normalized spacial score (nSPS) is 18.6. The molecule has 3 amide bonds. The second-order valence-electron chi connectivity index (χ2n) is 5.40. The van der Waals surface area contributed by atoms with Crippen molar-refractivity contribution in [1.29, 1.82) is 0 Å². The van der Waals surface area contributed by atoms with Crippen LogP contribution in [0.25, 0.3) is 0 Å². The van der Waals surface area contributed by atoms with Crippen LogP contribution >= 0.6 is 0 Å². The zero-order valence-corrected chi connectivity index (χ0v) is 12.9. The number of likely N-dealkylation sites (tertiary alicyclic amines) is 1. The van der Waals surface area contributed by atoms with E-state index in [9.17, 15) is 9.59 Å². The molecule has 6 heteroatoms. The van der Waals surface area contributed by atoms with Gasteiger partial charge in [0.25, 0.3) is 0 Å². The molecule has 1 saturated heterocycles. The van der Waals surface area contributed by atoms with Crippen molar-refractivity contribution >= 4 is 11.9 Å². The zero-order valence-electron chi connectivity index (χ0n) is 12.9. The minimum atomic E-state index is -0.409. The average molecular weight is 284 g/mol. The zero-order chi connectivity index (χ0) is 15.0. The Kier molecular flexibility index (Phi) is 7.54. The van der Waals surface area contributed by atoms with Crippen molar-refractivity contribution < 1.29 is 9.59 Å². The number of carbonyl (C=O) groups is 2. The second-order valence-corrected chi connectivity index (χ2v) is 5.40. The summed E-state index contributed by atoms with van der Waals surface area (Å²) in [4.78, 5) is 25.5. The Bertz CT molecular complexity index is 314. The number of piperidine rings is 1. The van der Waals surface area contributed by atoms with E-state index in [2.05, 4.69) is 20.9 Å². The first-order chi connectivity index (χ1) is 9.58. The fraction of sp³-hybridized carbons (Fsp3) is 0.857. The molecule has 1 fully saturated rings. The molecule has 1 unspecified atom stereocenters. The summed E-state index contributed by atoms with van der Waals surface area (Å²) in [6.45, 7) is 7.12.